The van der Waals surface area contributed by atoms with Gasteiger partial charge < -0.3 is 0 Å². The maximum absolute atomic E-state index is 5.51. The topological polar surface area (TPSA) is 38.0 Å². The molecular weight excluding hydrogens is 180 g/mol. The van der Waals surface area contributed by atoms with Crippen molar-refractivity contribution in [2.45, 2.75) is 43.4 Å². The first-order valence-electron chi connectivity index (χ1n) is 4.89. The van der Waals surface area contributed by atoms with Crippen LogP contribution in [-0.2, 0) is 0 Å². The van der Waals surface area contributed by atoms with Crippen LogP contribution in [0.25, 0.3) is 0 Å². The zero-order valence-corrected chi connectivity index (χ0v) is 8.78. The van der Waals surface area contributed by atoms with Crippen molar-refractivity contribution < 1.29 is 0 Å². The number of thioether (sulfide) groups is 1. The number of hydrogen-bond acceptors (Lipinski definition) is 3. The average molecular weight is 198 g/mol. The fourth-order valence-electron chi connectivity index (χ4n) is 1.70. The molecule has 0 spiro atoms. The third-order valence-corrected chi connectivity index (χ3v) is 3.99. The summed E-state index contributed by atoms with van der Waals surface area (Å²) in [5.41, 5.74) is 2.89. The Bertz CT molecular complexity index is 170. The number of hydrazine groups is 1. The highest BCUT2D eigenvalue weighted by molar-refractivity contribution is 8.00. The molecule has 2 atom stereocenters. The summed E-state index contributed by atoms with van der Waals surface area (Å²) >= 11 is 2.04. The van der Waals surface area contributed by atoms with Crippen LogP contribution in [0.4, 0.5) is 0 Å². The lowest BCUT2D eigenvalue weighted by atomic mass is 10.0. The van der Waals surface area contributed by atoms with Crippen LogP contribution >= 0.6 is 11.8 Å². The maximum atomic E-state index is 5.51. The molecule has 0 aromatic carbocycles. The smallest absolute Gasteiger partial charge is 0.0338 e. The third kappa shape index (κ3) is 3.60. The van der Waals surface area contributed by atoms with Crippen LogP contribution in [0.2, 0.25) is 0 Å². The van der Waals surface area contributed by atoms with Gasteiger partial charge in [0.1, 0.15) is 0 Å². The summed E-state index contributed by atoms with van der Waals surface area (Å²) in [5.74, 6) is 9.46. The molecule has 0 radical (unpaired) electrons. The van der Waals surface area contributed by atoms with Crippen LogP contribution in [0.3, 0.4) is 0 Å². The number of nitrogens with one attached hydrogen (secondary N) is 1. The molecule has 0 aliphatic carbocycles. The molecule has 2 nitrogen and oxygen atoms in total. The van der Waals surface area contributed by atoms with Gasteiger partial charge in [0, 0.05) is 17.7 Å². The average Bonchev–Trinajstić information content (AvgIpc) is 2.21. The van der Waals surface area contributed by atoms with E-state index in [1.54, 1.807) is 0 Å². The number of hydrogen-bond donors (Lipinski definition) is 2. The Kier molecular flexibility index (Phi) is 5.29. The number of nitrogens with two attached hydrogens (primary N) is 1. The molecule has 3 heteroatoms. The summed E-state index contributed by atoms with van der Waals surface area (Å²) < 4.78 is 0. The Hall–Kier alpha value is -0.170. The van der Waals surface area contributed by atoms with Gasteiger partial charge in [-0.1, -0.05) is 6.42 Å². The monoisotopic (exact) mass is 198 g/mol. The Morgan fingerprint density at radius 3 is 3.00 bits per heavy atom. The minimum atomic E-state index is 0.404. The second-order valence-corrected chi connectivity index (χ2v) is 4.77. The standard InChI is InChI=1S/C10H18N2S/c1-2-3-6-9(12-11)10-7-4-5-8-13-10/h1,9-10,12H,3-8,11H2. The van der Waals surface area contributed by atoms with Crippen LogP contribution in [0, 0.1) is 12.3 Å². The van der Waals surface area contributed by atoms with E-state index in [-0.39, 0.29) is 0 Å². The van der Waals surface area contributed by atoms with Crippen molar-refractivity contribution in [1.82, 2.24) is 5.43 Å². The molecule has 0 aromatic heterocycles. The van der Waals surface area contributed by atoms with Gasteiger partial charge in [-0.3, -0.25) is 11.3 Å². The molecule has 3 N–H and O–H groups in total. The summed E-state index contributed by atoms with van der Waals surface area (Å²) in [5, 5.41) is 0.673. The van der Waals surface area contributed by atoms with E-state index >= 15 is 0 Å². The van der Waals surface area contributed by atoms with Crippen LogP contribution < -0.4 is 11.3 Å². The van der Waals surface area contributed by atoms with E-state index in [1.165, 1.54) is 25.0 Å². The van der Waals surface area contributed by atoms with Crippen LogP contribution in [0.15, 0.2) is 0 Å². The molecule has 13 heavy (non-hydrogen) atoms. The first-order valence-corrected chi connectivity index (χ1v) is 5.94. The predicted octanol–water partition coefficient (Wildman–Crippen LogP) is 1.52. The number of rotatable bonds is 4. The Morgan fingerprint density at radius 1 is 1.62 bits per heavy atom. The molecule has 1 aliphatic rings. The van der Waals surface area contributed by atoms with E-state index in [2.05, 4.69) is 11.3 Å². The van der Waals surface area contributed by atoms with Crippen molar-refractivity contribution in [3.05, 3.63) is 0 Å². The Labute approximate surface area is 85.0 Å². The summed E-state index contributed by atoms with van der Waals surface area (Å²) in [6, 6.07) is 0.404. The van der Waals surface area contributed by atoms with Crippen molar-refractivity contribution in [3.63, 3.8) is 0 Å². The van der Waals surface area contributed by atoms with Gasteiger partial charge in [0.15, 0.2) is 0 Å². The fourth-order valence-corrected chi connectivity index (χ4v) is 3.15. The van der Waals surface area contributed by atoms with Gasteiger partial charge in [-0.05, 0) is 25.0 Å². The van der Waals surface area contributed by atoms with Crippen molar-refractivity contribution in [1.29, 1.82) is 0 Å². The Balaban J connectivity index is 2.31. The third-order valence-electron chi connectivity index (χ3n) is 2.48. The molecule has 0 bridgehead atoms. The lowest BCUT2D eigenvalue weighted by Gasteiger charge is -2.28. The van der Waals surface area contributed by atoms with E-state index in [1.807, 2.05) is 11.8 Å². The highest BCUT2D eigenvalue weighted by Crippen LogP contribution is 2.28. The summed E-state index contributed by atoms with van der Waals surface area (Å²) in [6.07, 6.45) is 11.0. The van der Waals surface area contributed by atoms with Gasteiger partial charge in [0.25, 0.3) is 0 Å². The van der Waals surface area contributed by atoms with Crippen molar-refractivity contribution >= 4 is 11.8 Å². The van der Waals surface area contributed by atoms with Gasteiger partial charge in [-0.15, -0.1) is 12.3 Å². The van der Waals surface area contributed by atoms with Crippen molar-refractivity contribution in [2.75, 3.05) is 5.75 Å². The summed E-state index contributed by atoms with van der Waals surface area (Å²) in [4.78, 5) is 0. The minimum absolute atomic E-state index is 0.404. The lowest BCUT2D eigenvalue weighted by Crippen LogP contribution is -2.43. The zero-order valence-electron chi connectivity index (χ0n) is 7.96. The van der Waals surface area contributed by atoms with Crippen molar-refractivity contribution in [2.24, 2.45) is 5.84 Å². The SMILES string of the molecule is C#CCCC(NN)C1CCCCS1. The maximum Gasteiger partial charge on any atom is 0.0338 e. The van der Waals surface area contributed by atoms with E-state index in [9.17, 15) is 0 Å². The van der Waals surface area contributed by atoms with Gasteiger partial charge in [0.05, 0.1) is 0 Å². The molecule has 1 fully saturated rings. The van der Waals surface area contributed by atoms with Gasteiger partial charge >= 0.3 is 0 Å². The normalized spacial score (nSPS) is 25.1. The summed E-state index contributed by atoms with van der Waals surface area (Å²) in [7, 11) is 0. The minimum Gasteiger partial charge on any atom is -0.271 e. The van der Waals surface area contributed by atoms with E-state index < -0.39 is 0 Å². The van der Waals surface area contributed by atoms with Crippen LogP contribution in [-0.4, -0.2) is 17.0 Å². The van der Waals surface area contributed by atoms with Crippen LogP contribution in [0.5, 0.6) is 0 Å². The molecule has 0 aromatic rings. The first-order chi connectivity index (χ1) is 6.38. The predicted molar refractivity (Wildman–Crippen MR) is 59.3 cm³/mol. The molecule has 0 amide bonds. The molecule has 1 rings (SSSR count). The van der Waals surface area contributed by atoms with Crippen molar-refractivity contribution in [3.8, 4) is 12.3 Å². The van der Waals surface area contributed by atoms with E-state index in [4.69, 9.17) is 12.3 Å². The van der Waals surface area contributed by atoms with Crippen LogP contribution in [0.1, 0.15) is 32.1 Å². The number of terminal acetylenes is 1. The lowest BCUT2D eigenvalue weighted by molar-refractivity contribution is 0.454. The molecule has 0 saturated carbocycles. The second kappa shape index (κ2) is 6.31. The first kappa shape index (κ1) is 10.9. The molecule has 1 heterocycles. The summed E-state index contributed by atoms with van der Waals surface area (Å²) in [6.45, 7) is 0. The zero-order chi connectivity index (χ0) is 9.52. The Morgan fingerprint density at radius 2 is 2.46 bits per heavy atom. The largest absolute Gasteiger partial charge is 0.271 e. The highest BCUT2D eigenvalue weighted by Gasteiger charge is 2.22. The molecular formula is C10H18N2S. The van der Waals surface area contributed by atoms with Gasteiger partial charge in [-0.25, -0.2) is 0 Å². The quantitative estimate of drug-likeness (QED) is 0.408. The van der Waals surface area contributed by atoms with Gasteiger partial charge in [0.2, 0.25) is 0 Å². The van der Waals surface area contributed by atoms with Gasteiger partial charge in [-0.2, -0.15) is 11.8 Å². The molecule has 74 valence electrons. The van der Waals surface area contributed by atoms with E-state index in [0.29, 0.717) is 11.3 Å². The molecule has 2 unspecified atom stereocenters. The highest BCUT2D eigenvalue weighted by atomic mass is 32.2. The fraction of sp³-hybridized carbons (Fsp3) is 0.800. The van der Waals surface area contributed by atoms with E-state index in [0.717, 1.165) is 12.8 Å². The molecule has 1 saturated heterocycles. The molecule has 1 aliphatic heterocycles. The second-order valence-electron chi connectivity index (χ2n) is 3.42.